The molecule has 30 heavy (non-hydrogen) atoms. The molecule has 0 aliphatic rings. The molecule has 8 nitrogen and oxygen atoms in total. The summed E-state index contributed by atoms with van der Waals surface area (Å²) in [6.45, 7) is -4.75. The van der Waals surface area contributed by atoms with Crippen molar-refractivity contribution in [3.8, 4) is 0 Å². The number of ether oxygens (including phenoxy) is 2. The summed E-state index contributed by atoms with van der Waals surface area (Å²) in [5, 5.41) is 0. The van der Waals surface area contributed by atoms with Gasteiger partial charge in [0.15, 0.2) is 0 Å². The Morgan fingerprint density at radius 1 is 0.633 bits per heavy atom. The quantitative estimate of drug-likeness (QED) is 0.330. The summed E-state index contributed by atoms with van der Waals surface area (Å²) in [5.41, 5.74) is 1.71. The van der Waals surface area contributed by atoms with E-state index in [4.69, 9.17) is 23.3 Å². The molecule has 0 radical (unpaired) electrons. The van der Waals surface area contributed by atoms with Crippen molar-refractivity contribution in [1.82, 2.24) is 0 Å². The summed E-state index contributed by atoms with van der Waals surface area (Å²) < 4.78 is 98.6. The predicted molar refractivity (Wildman–Crippen MR) is 110 cm³/mol. The molecule has 166 valence electrons. The van der Waals surface area contributed by atoms with Crippen molar-refractivity contribution >= 4 is 20.2 Å². The smallest absolute Gasteiger partial charge is 0.297 e. The molecule has 0 amide bonds. The highest BCUT2D eigenvalue weighted by Crippen LogP contribution is 2.14. The van der Waals surface area contributed by atoms with Crippen LogP contribution in [-0.2, 0) is 38.1 Å². The zero-order valence-corrected chi connectivity index (χ0v) is 18.2. The van der Waals surface area contributed by atoms with Gasteiger partial charge < -0.3 is 9.47 Å². The van der Waals surface area contributed by atoms with Crippen LogP contribution in [0.15, 0.2) is 58.3 Å². The van der Waals surface area contributed by atoms with Crippen molar-refractivity contribution in [2.75, 3.05) is 39.5 Å². The first-order valence-corrected chi connectivity index (χ1v) is 11.7. The van der Waals surface area contributed by atoms with E-state index in [2.05, 4.69) is 0 Å². The third-order valence-corrected chi connectivity index (χ3v) is 6.31. The van der Waals surface area contributed by atoms with E-state index in [-0.39, 0.29) is 9.79 Å². The minimum absolute atomic E-state index is 0.0830. The van der Waals surface area contributed by atoms with Crippen LogP contribution in [0.5, 0.6) is 0 Å². The fraction of sp³-hybridized carbons (Fsp3) is 0.400. The Bertz CT molecular complexity index is 1060. The average Bonchev–Trinajstić information content (AvgIpc) is 2.75. The summed E-state index contributed by atoms with van der Waals surface area (Å²) in [6, 6.07) is 11.8. The number of rotatable bonds is 13. The van der Waals surface area contributed by atoms with Gasteiger partial charge in [0.1, 0.15) is 0 Å². The van der Waals surface area contributed by atoms with Gasteiger partial charge in [0.25, 0.3) is 20.2 Å². The maximum Gasteiger partial charge on any atom is 0.297 e. The van der Waals surface area contributed by atoms with Crippen LogP contribution in [0.4, 0.5) is 0 Å². The van der Waals surface area contributed by atoms with E-state index in [9.17, 15) is 16.8 Å². The molecular weight excluding hydrogens is 432 g/mol. The topological polar surface area (TPSA) is 105 Å². The van der Waals surface area contributed by atoms with Crippen LogP contribution in [0.25, 0.3) is 0 Å². The maximum atomic E-state index is 12.1. The zero-order valence-electron chi connectivity index (χ0n) is 20.5. The highest BCUT2D eigenvalue weighted by atomic mass is 32.2. The van der Waals surface area contributed by atoms with Gasteiger partial charge in [-0.25, -0.2) is 0 Å². The highest BCUT2D eigenvalue weighted by molar-refractivity contribution is 7.87. The number of benzene rings is 2. The van der Waals surface area contributed by atoms with Gasteiger partial charge in [-0.05, 0) is 38.1 Å². The van der Waals surface area contributed by atoms with Crippen molar-refractivity contribution in [3.63, 3.8) is 0 Å². The minimum Gasteiger partial charge on any atom is -0.377 e. The van der Waals surface area contributed by atoms with E-state index in [1.807, 2.05) is 0 Å². The zero-order chi connectivity index (χ0) is 25.6. The first-order chi connectivity index (χ1) is 15.7. The Hall–Kier alpha value is -1.82. The Morgan fingerprint density at radius 3 is 1.30 bits per heavy atom. The van der Waals surface area contributed by atoms with Gasteiger partial charge in [-0.2, -0.15) is 16.8 Å². The molecule has 2 aromatic carbocycles. The number of hydrogen-bond donors (Lipinski definition) is 0. The van der Waals surface area contributed by atoms with E-state index < -0.39 is 59.8 Å². The molecule has 0 saturated heterocycles. The van der Waals surface area contributed by atoms with Crippen LogP contribution in [0, 0.1) is 13.8 Å². The van der Waals surface area contributed by atoms with Crippen LogP contribution in [0.3, 0.4) is 0 Å². The molecule has 0 saturated carbocycles. The average molecular weight is 463 g/mol. The molecule has 0 fully saturated rings. The summed E-state index contributed by atoms with van der Waals surface area (Å²) >= 11 is 0. The molecule has 0 bridgehead atoms. The molecule has 0 aliphatic heterocycles. The van der Waals surface area contributed by atoms with Crippen LogP contribution in [0.1, 0.15) is 16.6 Å². The molecular formula is C20H26O8S2. The Balaban J connectivity index is 1.80. The third kappa shape index (κ3) is 8.13. The standard InChI is InChI=1S/C20H26O8S2/c1-17-3-7-19(8-4-17)29(21,22)27-15-13-25-11-12-26-14-16-28-30(23,24)20-9-5-18(2)6-10-20/h3-10H,11-16H2,1-2H3/i11D2,12D2. The van der Waals surface area contributed by atoms with Crippen molar-refractivity contribution in [2.45, 2.75) is 23.6 Å². The van der Waals surface area contributed by atoms with E-state index in [0.717, 1.165) is 11.1 Å². The van der Waals surface area contributed by atoms with Gasteiger partial charge in [0.05, 0.1) is 54.8 Å². The lowest BCUT2D eigenvalue weighted by atomic mass is 10.2. The monoisotopic (exact) mass is 462 g/mol. The predicted octanol–water partition coefficient (Wildman–Crippen LogP) is 2.45. The largest absolute Gasteiger partial charge is 0.377 e. The summed E-state index contributed by atoms with van der Waals surface area (Å²) in [5.74, 6) is 0. The lowest BCUT2D eigenvalue weighted by Gasteiger charge is -2.08. The molecule has 0 atom stereocenters. The lowest BCUT2D eigenvalue weighted by Crippen LogP contribution is -2.15. The maximum absolute atomic E-state index is 12.1. The second-order valence-electron chi connectivity index (χ2n) is 6.08. The Morgan fingerprint density at radius 2 is 0.967 bits per heavy atom. The first kappa shape index (κ1) is 18.9. The van der Waals surface area contributed by atoms with Crippen LogP contribution >= 0.6 is 0 Å². The lowest BCUT2D eigenvalue weighted by molar-refractivity contribution is 0.0285. The fourth-order valence-electron chi connectivity index (χ4n) is 2.08. The van der Waals surface area contributed by atoms with Crippen molar-refractivity contribution in [1.29, 1.82) is 0 Å². The molecule has 0 aromatic heterocycles. The molecule has 2 aromatic rings. The highest BCUT2D eigenvalue weighted by Gasteiger charge is 2.15. The summed E-state index contributed by atoms with van der Waals surface area (Å²) in [6.07, 6.45) is 0. The molecule has 10 heteroatoms. The van der Waals surface area contributed by atoms with Crippen molar-refractivity contribution in [3.05, 3.63) is 59.7 Å². The van der Waals surface area contributed by atoms with Gasteiger partial charge in [-0.1, -0.05) is 35.4 Å². The number of aryl methyl sites for hydroxylation is 2. The molecule has 0 aliphatic carbocycles. The Kier molecular flexibility index (Phi) is 7.27. The van der Waals surface area contributed by atoms with Crippen LogP contribution < -0.4 is 0 Å². The van der Waals surface area contributed by atoms with E-state index in [0.29, 0.717) is 0 Å². The SMILES string of the molecule is [2H]C([2H])(OCCOS(=O)(=O)c1ccc(C)cc1)C([2H])([2H])OCCOS(=O)(=O)c1ccc(C)cc1. The van der Waals surface area contributed by atoms with Crippen LogP contribution in [0.2, 0.25) is 0 Å². The number of hydrogen-bond acceptors (Lipinski definition) is 8. The molecule has 0 N–H and O–H groups in total. The fourth-order valence-corrected chi connectivity index (χ4v) is 3.86. The van der Waals surface area contributed by atoms with Crippen LogP contribution in [-0.4, -0.2) is 56.4 Å². The van der Waals surface area contributed by atoms with E-state index in [1.54, 1.807) is 38.1 Å². The minimum atomic E-state index is -4.09. The third-order valence-electron chi connectivity index (χ3n) is 3.65. The molecule has 0 spiro atoms. The van der Waals surface area contributed by atoms with E-state index in [1.165, 1.54) is 24.3 Å². The molecule has 2 rings (SSSR count). The second-order valence-corrected chi connectivity index (χ2v) is 9.31. The van der Waals surface area contributed by atoms with Crippen molar-refractivity contribution < 1.29 is 40.2 Å². The molecule has 0 heterocycles. The van der Waals surface area contributed by atoms with Gasteiger partial charge in [-0.3, -0.25) is 8.37 Å². The first-order valence-electron chi connectivity index (χ1n) is 10.9. The van der Waals surface area contributed by atoms with Gasteiger partial charge in [-0.15, -0.1) is 0 Å². The van der Waals surface area contributed by atoms with Crippen molar-refractivity contribution in [2.24, 2.45) is 0 Å². The second kappa shape index (κ2) is 11.5. The molecule has 0 unspecified atom stereocenters. The summed E-state index contributed by atoms with van der Waals surface area (Å²) in [7, 11) is -8.18. The normalized spacial score (nSPS) is 15.1. The van der Waals surface area contributed by atoms with Gasteiger partial charge >= 0.3 is 0 Å². The van der Waals surface area contributed by atoms with E-state index >= 15 is 0 Å². The van der Waals surface area contributed by atoms with Gasteiger partial charge in [0.2, 0.25) is 0 Å². The Labute approximate surface area is 183 Å². The van der Waals surface area contributed by atoms with Gasteiger partial charge in [0, 0.05) is 0 Å². The summed E-state index contributed by atoms with van der Waals surface area (Å²) in [4.78, 5) is -0.166.